The summed E-state index contributed by atoms with van der Waals surface area (Å²) >= 11 is 7.16. The second kappa shape index (κ2) is 9.02. The molecule has 0 fully saturated rings. The number of esters is 1. The molecule has 0 aliphatic carbocycles. The Morgan fingerprint density at radius 1 is 1.42 bits per heavy atom. The third kappa shape index (κ3) is 4.55. The van der Waals surface area contributed by atoms with Gasteiger partial charge in [-0.15, -0.1) is 11.3 Å². The Hall–Kier alpha value is -2.09. The van der Waals surface area contributed by atoms with Gasteiger partial charge in [0.25, 0.3) is 5.91 Å². The van der Waals surface area contributed by atoms with Crippen molar-refractivity contribution in [1.29, 1.82) is 0 Å². The van der Waals surface area contributed by atoms with Gasteiger partial charge in [0.15, 0.2) is 0 Å². The van der Waals surface area contributed by atoms with E-state index in [9.17, 15) is 9.59 Å². The van der Waals surface area contributed by atoms with E-state index in [0.29, 0.717) is 27.0 Å². The number of thiophene rings is 1. The monoisotopic (exact) mass is 396 g/mol. The fraction of sp³-hybridized carbons (Fsp3) is 0.333. The molecule has 1 aromatic carbocycles. The lowest BCUT2D eigenvalue weighted by Gasteiger charge is -2.13. The number of hydrogen-bond acceptors (Lipinski definition) is 5. The lowest BCUT2D eigenvalue weighted by molar-refractivity contribution is -0.707. The largest absolute Gasteiger partial charge is 0.462 e. The van der Waals surface area contributed by atoms with E-state index >= 15 is 0 Å². The van der Waals surface area contributed by atoms with Crippen LogP contribution in [-0.4, -0.2) is 25.5 Å². The molecule has 0 radical (unpaired) electrons. The van der Waals surface area contributed by atoms with Crippen molar-refractivity contribution in [2.75, 3.05) is 19.4 Å². The summed E-state index contributed by atoms with van der Waals surface area (Å²) in [6.45, 7) is 4.42. The van der Waals surface area contributed by atoms with Gasteiger partial charge in [-0.05, 0) is 26.0 Å². The van der Waals surface area contributed by atoms with Crippen molar-refractivity contribution in [2.45, 2.75) is 26.4 Å². The fourth-order valence-electron chi connectivity index (χ4n) is 2.62. The van der Waals surface area contributed by atoms with Gasteiger partial charge in [0, 0.05) is 23.2 Å². The van der Waals surface area contributed by atoms with Crippen molar-refractivity contribution in [2.24, 2.45) is 0 Å². The molecular weight excluding hydrogens is 374 g/mol. The average Bonchev–Trinajstić information content (AvgIpc) is 2.95. The van der Waals surface area contributed by atoms with E-state index in [-0.39, 0.29) is 24.1 Å². The SMILES string of the molecule is CCOC(=O)c1c(N)sc(C(=O)NC)c1C[NH2+][C@H](C)c1cccc(Cl)c1. The zero-order valence-corrected chi connectivity index (χ0v) is 16.5. The van der Waals surface area contributed by atoms with Crippen molar-refractivity contribution in [3.05, 3.63) is 50.9 Å². The molecule has 26 heavy (non-hydrogen) atoms. The van der Waals surface area contributed by atoms with Gasteiger partial charge in [0.2, 0.25) is 0 Å². The number of hydrogen-bond donors (Lipinski definition) is 3. The Kier molecular flexibility index (Phi) is 7.02. The number of rotatable bonds is 7. The van der Waals surface area contributed by atoms with Crippen LogP contribution in [-0.2, 0) is 11.3 Å². The predicted octanol–water partition coefficient (Wildman–Crippen LogP) is 2.34. The first-order chi connectivity index (χ1) is 12.4. The number of nitrogen functional groups attached to an aromatic ring is 1. The van der Waals surface area contributed by atoms with Crippen LogP contribution >= 0.6 is 22.9 Å². The molecule has 0 aliphatic heterocycles. The molecule has 0 bridgehead atoms. The molecule has 0 spiro atoms. The number of nitrogens with one attached hydrogen (secondary N) is 1. The molecule has 1 heterocycles. The topological polar surface area (TPSA) is 98.0 Å². The quantitative estimate of drug-likeness (QED) is 0.625. The summed E-state index contributed by atoms with van der Waals surface area (Å²) in [7, 11) is 1.55. The highest BCUT2D eigenvalue weighted by molar-refractivity contribution is 7.18. The molecule has 2 rings (SSSR count). The van der Waals surface area contributed by atoms with Gasteiger partial charge in [0.1, 0.15) is 28.0 Å². The lowest BCUT2D eigenvalue weighted by Crippen LogP contribution is -2.83. The second-order valence-corrected chi connectivity index (χ2v) is 7.22. The van der Waals surface area contributed by atoms with Crippen LogP contribution < -0.4 is 16.4 Å². The summed E-state index contributed by atoms with van der Waals surface area (Å²) in [5, 5.41) is 5.58. The molecule has 6 nitrogen and oxygen atoms in total. The molecule has 1 atom stereocenters. The summed E-state index contributed by atoms with van der Waals surface area (Å²) in [6.07, 6.45) is 0. The number of ether oxygens (including phenoxy) is 1. The smallest absolute Gasteiger partial charge is 0.341 e. The van der Waals surface area contributed by atoms with Crippen molar-refractivity contribution >= 4 is 39.8 Å². The van der Waals surface area contributed by atoms with Crippen molar-refractivity contribution in [3.63, 3.8) is 0 Å². The van der Waals surface area contributed by atoms with Gasteiger partial charge < -0.3 is 21.1 Å². The highest BCUT2D eigenvalue weighted by Gasteiger charge is 2.28. The molecule has 1 aromatic heterocycles. The number of carbonyl (C=O) groups is 2. The number of carbonyl (C=O) groups excluding carboxylic acids is 2. The highest BCUT2D eigenvalue weighted by Crippen LogP contribution is 2.31. The fourth-order valence-corrected chi connectivity index (χ4v) is 3.85. The number of nitrogens with two attached hydrogens (primary N) is 2. The summed E-state index contributed by atoms with van der Waals surface area (Å²) in [6, 6.07) is 7.68. The first kappa shape index (κ1) is 20.2. The number of amides is 1. The standard InChI is InChI=1S/C18H22ClN3O3S/c1-4-25-18(24)14-13(15(17(23)21-3)26-16(14)20)9-22-10(2)11-6-5-7-12(19)8-11/h5-8,10,22H,4,9,20H2,1-3H3,(H,21,23)/p+1/t10-/m1/s1. The van der Waals surface area contributed by atoms with E-state index in [1.54, 1.807) is 14.0 Å². The minimum atomic E-state index is -0.504. The first-order valence-electron chi connectivity index (χ1n) is 8.28. The van der Waals surface area contributed by atoms with Crippen LogP contribution in [0.3, 0.4) is 0 Å². The third-order valence-electron chi connectivity index (χ3n) is 4.00. The Labute approximate surface area is 161 Å². The number of benzene rings is 1. The molecule has 0 aliphatic rings. The molecule has 140 valence electrons. The first-order valence-corrected chi connectivity index (χ1v) is 9.47. The average molecular weight is 397 g/mol. The van der Waals surface area contributed by atoms with Crippen LogP contribution in [0.5, 0.6) is 0 Å². The maximum absolute atomic E-state index is 12.3. The Morgan fingerprint density at radius 2 is 2.15 bits per heavy atom. The normalized spacial score (nSPS) is 11.8. The van der Waals surface area contributed by atoms with Crippen LogP contribution in [0, 0.1) is 0 Å². The molecule has 0 saturated carbocycles. The summed E-state index contributed by atoms with van der Waals surface area (Å²) in [5.74, 6) is -0.772. The molecular formula is C18H23ClN3O3S+. The Balaban J connectivity index is 2.30. The number of halogens is 1. The van der Waals surface area contributed by atoms with Gasteiger partial charge in [0.05, 0.1) is 6.61 Å². The van der Waals surface area contributed by atoms with Gasteiger partial charge in [-0.3, -0.25) is 4.79 Å². The maximum atomic E-state index is 12.3. The van der Waals surface area contributed by atoms with Crippen LogP contribution in [0.1, 0.15) is 51.0 Å². The third-order valence-corrected chi connectivity index (χ3v) is 5.29. The van der Waals surface area contributed by atoms with Crippen LogP contribution in [0.2, 0.25) is 5.02 Å². The van der Waals surface area contributed by atoms with Crippen molar-refractivity contribution < 1.29 is 19.6 Å². The molecule has 0 unspecified atom stereocenters. The van der Waals surface area contributed by atoms with E-state index in [0.717, 1.165) is 16.9 Å². The molecule has 0 saturated heterocycles. The predicted molar refractivity (Wildman–Crippen MR) is 104 cm³/mol. The van der Waals surface area contributed by atoms with Gasteiger partial charge >= 0.3 is 5.97 Å². The second-order valence-electron chi connectivity index (χ2n) is 5.73. The highest BCUT2D eigenvalue weighted by atomic mass is 35.5. The molecule has 8 heteroatoms. The molecule has 1 amide bonds. The molecule has 2 aromatic rings. The zero-order chi connectivity index (χ0) is 19.3. The minimum absolute atomic E-state index is 0.0856. The van der Waals surface area contributed by atoms with E-state index in [1.807, 2.05) is 36.5 Å². The van der Waals surface area contributed by atoms with Crippen molar-refractivity contribution in [1.82, 2.24) is 5.32 Å². The van der Waals surface area contributed by atoms with E-state index < -0.39 is 5.97 Å². The van der Waals surface area contributed by atoms with Crippen LogP contribution in [0.25, 0.3) is 0 Å². The molecule has 5 N–H and O–H groups in total. The Bertz CT molecular complexity index is 807. The number of quaternary nitrogens is 1. The van der Waals surface area contributed by atoms with Crippen LogP contribution in [0.4, 0.5) is 5.00 Å². The summed E-state index contributed by atoms with van der Waals surface area (Å²) in [5.41, 5.74) is 7.94. The van der Waals surface area contributed by atoms with Gasteiger partial charge in [-0.2, -0.15) is 0 Å². The summed E-state index contributed by atoms with van der Waals surface area (Å²) in [4.78, 5) is 24.9. The Morgan fingerprint density at radius 3 is 2.77 bits per heavy atom. The number of anilines is 1. The van der Waals surface area contributed by atoms with Gasteiger partial charge in [-0.1, -0.05) is 23.7 Å². The minimum Gasteiger partial charge on any atom is -0.462 e. The van der Waals surface area contributed by atoms with Crippen LogP contribution in [0.15, 0.2) is 24.3 Å². The van der Waals surface area contributed by atoms with E-state index in [4.69, 9.17) is 22.1 Å². The van der Waals surface area contributed by atoms with Crippen molar-refractivity contribution in [3.8, 4) is 0 Å². The van der Waals surface area contributed by atoms with Gasteiger partial charge in [-0.25, -0.2) is 4.79 Å². The zero-order valence-electron chi connectivity index (χ0n) is 15.0. The maximum Gasteiger partial charge on any atom is 0.341 e. The van der Waals surface area contributed by atoms with E-state index in [2.05, 4.69) is 5.32 Å². The van der Waals surface area contributed by atoms with E-state index in [1.165, 1.54) is 0 Å². The summed E-state index contributed by atoms with van der Waals surface area (Å²) < 4.78 is 5.11. The lowest BCUT2D eigenvalue weighted by atomic mass is 10.1.